The molecule has 146 valence electrons. The molecule has 2 aromatic carbocycles. The van der Waals surface area contributed by atoms with Gasteiger partial charge in [-0.3, -0.25) is 9.59 Å². The summed E-state index contributed by atoms with van der Waals surface area (Å²) in [6.07, 6.45) is 5.74. The number of para-hydroxylation sites is 1. The lowest BCUT2D eigenvalue weighted by Gasteiger charge is -2.31. The van der Waals surface area contributed by atoms with Gasteiger partial charge in [0, 0.05) is 30.8 Å². The van der Waals surface area contributed by atoms with Crippen molar-refractivity contribution in [1.29, 1.82) is 0 Å². The lowest BCUT2D eigenvalue weighted by Crippen LogP contribution is -2.40. The Morgan fingerprint density at radius 2 is 1.79 bits per heavy atom. The van der Waals surface area contributed by atoms with E-state index >= 15 is 0 Å². The molecule has 1 N–H and O–H groups in total. The highest BCUT2D eigenvalue weighted by Gasteiger charge is 2.27. The highest BCUT2D eigenvalue weighted by Crippen LogP contribution is 2.24. The van der Waals surface area contributed by atoms with E-state index in [1.54, 1.807) is 6.08 Å². The van der Waals surface area contributed by atoms with Gasteiger partial charge in [-0.1, -0.05) is 55.5 Å². The van der Waals surface area contributed by atoms with Gasteiger partial charge in [0.1, 0.15) is 0 Å². The number of benzene rings is 2. The molecule has 2 aromatic rings. The van der Waals surface area contributed by atoms with Gasteiger partial charge in [-0.15, -0.1) is 0 Å². The van der Waals surface area contributed by atoms with Crippen molar-refractivity contribution in [2.75, 3.05) is 18.4 Å². The third-order valence-corrected chi connectivity index (χ3v) is 5.38. The molecule has 4 heteroatoms. The highest BCUT2D eigenvalue weighted by molar-refractivity contribution is 5.95. The minimum atomic E-state index is -0.0496. The van der Waals surface area contributed by atoms with Crippen molar-refractivity contribution in [1.82, 2.24) is 4.90 Å². The smallest absolute Gasteiger partial charge is 0.246 e. The Hall–Kier alpha value is -2.88. The van der Waals surface area contributed by atoms with E-state index in [2.05, 4.69) is 18.3 Å². The zero-order valence-corrected chi connectivity index (χ0v) is 16.7. The van der Waals surface area contributed by atoms with Crippen LogP contribution in [0.2, 0.25) is 0 Å². The second-order valence-corrected chi connectivity index (χ2v) is 7.30. The van der Waals surface area contributed by atoms with Crippen LogP contribution in [0.4, 0.5) is 5.69 Å². The van der Waals surface area contributed by atoms with Gasteiger partial charge in [-0.2, -0.15) is 0 Å². The van der Waals surface area contributed by atoms with Gasteiger partial charge in [0.05, 0.1) is 0 Å². The van der Waals surface area contributed by atoms with Crippen LogP contribution in [0, 0.1) is 12.8 Å². The van der Waals surface area contributed by atoms with Crippen molar-refractivity contribution < 1.29 is 9.59 Å². The number of likely N-dealkylation sites (tertiary alicyclic amines) is 1. The van der Waals surface area contributed by atoms with Crippen LogP contribution in [-0.4, -0.2) is 29.8 Å². The number of hydrogen-bond acceptors (Lipinski definition) is 2. The van der Waals surface area contributed by atoms with Crippen LogP contribution in [0.25, 0.3) is 6.08 Å². The van der Waals surface area contributed by atoms with Crippen LogP contribution in [0.15, 0.2) is 54.6 Å². The highest BCUT2D eigenvalue weighted by atomic mass is 16.2. The molecule has 0 aromatic heterocycles. The van der Waals surface area contributed by atoms with E-state index in [1.165, 1.54) is 0 Å². The fourth-order valence-corrected chi connectivity index (χ4v) is 3.63. The van der Waals surface area contributed by atoms with E-state index < -0.39 is 0 Å². The van der Waals surface area contributed by atoms with Crippen molar-refractivity contribution in [2.24, 2.45) is 5.92 Å². The zero-order chi connectivity index (χ0) is 19.9. The van der Waals surface area contributed by atoms with Crippen molar-refractivity contribution >= 4 is 23.6 Å². The SMILES string of the molecule is CCc1cccc(C)c1NC(=O)C1CCN(C(=O)C=Cc2ccccc2)CC1. The predicted molar refractivity (Wildman–Crippen MR) is 114 cm³/mol. The Morgan fingerprint density at radius 1 is 1.07 bits per heavy atom. The standard InChI is InChI=1S/C24H28N2O2/c1-3-20-11-7-8-18(2)23(20)25-24(28)21-14-16-26(17-15-21)22(27)13-12-19-9-5-4-6-10-19/h4-13,21H,3,14-17H2,1-2H3,(H,25,28). The molecule has 1 fully saturated rings. The van der Waals surface area contributed by atoms with Crippen molar-refractivity contribution in [3.05, 3.63) is 71.3 Å². The monoisotopic (exact) mass is 376 g/mol. The van der Waals surface area contributed by atoms with Crippen LogP contribution in [0.5, 0.6) is 0 Å². The topological polar surface area (TPSA) is 49.4 Å². The minimum Gasteiger partial charge on any atom is -0.339 e. The summed E-state index contributed by atoms with van der Waals surface area (Å²) >= 11 is 0. The van der Waals surface area contributed by atoms with Crippen LogP contribution >= 0.6 is 0 Å². The van der Waals surface area contributed by atoms with Gasteiger partial charge in [0.25, 0.3) is 0 Å². The molecule has 0 radical (unpaired) electrons. The maximum Gasteiger partial charge on any atom is 0.246 e. The van der Waals surface area contributed by atoms with E-state index in [0.29, 0.717) is 25.9 Å². The van der Waals surface area contributed by atoms with E-state index in [0.717, 1.165) is 28.8 Å². The number of hydrogen-bond donors (Lipinski definition) is 1. The van der Waals surface area contributed by atoms with Gasteiger partial charge >= 0.3 is 0 Å². The Labute approximate surface area is 167 Å². The molecule has 0 bridgehead atoms. The molecule has 0 atom stereocenters. The first-order valence-corrected chi connectivity index (χ1v) is 10.00. The van der Waals surface area contributed by atoms with Crippen molar-refractivity contribution in [2.45, 2.75) is 33.1 Å². The average Bonchev–Trinajstić information content (AvgIpc) is 2.74. The normalized spacial score (nSPS) is 15.0. The van der Waals surface area contributed by atoms with Gasteiger partial charge in [0.2, 0.25) is 11.8 Å². The first-order chi connectivity index (χ1) is 13.6. The maximum atomic E-state index is 12.7. The maximum absolute atomic E-state index is 12.7. The molecule has 0 aliphatic carbocycles. The zero-order valence-electron chi connectivity index (χ0n) is 16.7. The summed E-state index contributed by atoms with van der Waals surface area (Å²) in [7, 11) is 0. The average molecular weight is 377 g/mol. The van der Waals surface area contributed by atoms with E-state index in [-0.39, 0.29) is 17.7 Å². The summed E-state index contributed by atoms with van der Waals surface area (Å²) in [4.78, 5) is 27.0. The van der Waals surface area contributed by atoms with E-state index in [1.807, 2.05) is 60.4 Å². The number of piperidine rings is 1. The summed E-state index contributed by atoms with van der Waals surface area (Å²) in [5, 5.41) is 3.13. The van der Waals surface area contributed by atoms with Gasteiger partial charge < -0.3 is 10.2 Å². The Bertz CT molecular complexity index is 850. The number of anilines is 1. The fourth-order valence-electron chi connectivity index (χ4n) is 3.63. The number of carbonyl (C=O) groups excluding carboxylic acids is 2. The molecule has 28 heavy (non-hydrogen) atoms. The Balaban J connectivity index is 1.54. The molecular formula is C24H28N2O2. The van der Waals surface area contributed by atoms with Gasteiger partial charge in [-0.05, 0) is 49.0 Å². The quantitative estimate of drug-likeness (QED) is 0.784. The second kappa shape index (κ2) is 9.36. The number of aryl methyl sites for hydroxylation is 2. The van der Waals surface area contributed by atoms with Crippen molar-refractivity contribution in [3.63, 3.8) is 0 Å². The molecule has 1 aliphatic heterocycles. The molecule has 3 rings (SSSR count). The molecule has 1 heterocycles. The summed E-state index contributed by atoms with van der Waals surface area (Å²) in [6, 6.07) is 15.9. The number of nitrogens with one attached hydrogen (secondary N) is 1. The number of carbonyl (C=O) groups is 2. The van der Waals surface area contributed by atoms with E-state index in [4.69, 9.17) is 0 Å². The Kier molecular flexibility index (Phi) is 6.64. The Morgan fingerprint density at radius 3 is 2.46 bits per heavy atom. The number of rotatable bonds is 5. The van der Waals surface area contributed by atoms with Crippen LogP contribution in [0.3, 0.4) is 0 Å². The summed E-state index contributed by atoms with van der Waals surface area (Å²) < 4.78 is 0. The molecule has 0 saturated carbocycles. The van der Waals surface area contributed by atoms with Crippen LogP contribution in [-0.2, 0) is 16.0 Å². The largest absolute Gasteiger partial charge is 0.339 e. The molecule has 1 aliphatic rings. The summed E-state index contributed by atoms with van der Waals surface area (Å²) in [6.45, 7) is 5.35. The van der Waals surface area contributed by atoms with Crippen molar-refractivity contribution in [3.8, 4) is 0 Å². The lowest BCUT2D eigenvalue weighted by atomic mass is 9.95. The number of amides is 2. The molecule has 1 saturated heterocycles. The first kappa shape index (κ1) is 19.9. The first-order valence-electron chi connectivity index (χ1n) is 10.00. The summed E-state index contributed by atoms with van der Waals surface area (Å²) in [5.41, 5.74) is 4.20. The molecule has 4 nitrogen and oxygen atoms in total. The molecule has 0 unspecified atom stereocenters. The predicted octanol–water partition coefficient (Wildman–Crippen LogP) is 4.45. The summed E-state index contributed by atoms with van der Waals surface area (Å²) in [5.74, 6) is 0.0253. The molecule has 0 spiro atoms. The molecule has 2 amide bonds. The minimum absolute atomic E-state index is 0.00915. The lowest BCUT2D eigenvalue weighted by molar-refractivity contribution is -0.130. The van der Waals surface area contributed by atoms with Crippen LogP contribution in [0.1, 0.15) is 36.5 Å². The third-order valence-electron chi connectivity index (χ3n) is 5.38. The molecular weight excluding hydrogens is 348 g/mol. The second-order valence-electron chi connectivity index (χ2n) is 7.30. The van der Waals surface area contributed by atoms with Gasteiger partial charge in [0.15, 0.2) is 0 Å². The van der Waals surface area contributed by atoms with E-state index in [9.17, 15) is 9.59 Å². The number of nitrogens with zero attached hydrogens (tertiary/aromatic N) is 1. The fraction of sp³-hybridized carbons (Fsp3) is 0.333. The van der Waals surface area contributed by atoms with Gasteiger partial charge in [-0.25, -0.2) is 0 Å². The van der Waals surface area contributed by atoms with Crippen LogP contribution < -0.4 is 5.32 Å². The third kappa shape index (κ3) is 4.89.